The van der Waals surface area contributed by atoms with Crippen LogP contribution in [0.5, 0.6) is 5.75 Å². The minimum Gasteiger partial charge on any atom is -0.435 e. The Balaban J connectivity index is 1.63. The second kappa shape index (κ2) is 7.69. The van der Waals surface area contributed by atoms with Crippen molar-refractivity contribution in [3.63, 3.8) is 0 Å². The van der Waals surface area contributed by atoms with Gasteiger partial charge in [-0.05, 0) is 54.4 Å². The number of alkyl halides is 2. The summed E-state index contributed by atoms with van der Waals surface area (Å²) in [6.07, 6.45) is 0.690. The van der Waals surface area contributed by atoms with Crippen molar-refractivity contribution in [3.8, 4) is 5.75 Å². The minimum atomic E-state index is -2.90. The minimum absolute atomic E-state index is 0.00895. The van der Waals surface area contributed by atoms with Crippen LogP contribution < -0.4 is 15.4 Å². The van der Waals surface area contributed by atoms with E-state index >= 15 is 0 Å². The van der Waals surface area contributed by atoms with E-state index in [4.69, 9.17) is 0 Å². The predicted molar refractivity (Wildman–Crippen MR) is 89.7 cm³/mol. The third-order valence-corrected chi connectivity index (χ3v) is 4.78. The molecule has 1 aliphatic rings. The first kappa shape index (κ1) is 17.5. The van der Waals surface area contributed by atoms with Gasteiger partial charge >= 0.3 is 12.6 Å². The van der Waals surface area contributed by atoms with Gasteiger partial charge in [-0.2, -0.15) is 8.78 Å². The molecule has 2 aromatic rings. The topological polar surface area (TPSA) is 50.4 Å². The molecule has 2 amide bonds. The Labute approximate surface area is 146 Å². The summed E-state index contributed by atoms with van der Waals surface area (Å²) in [6, 6.07) is 9.41. The molecule has 3 rings (SSSR count). The van der Waals surface area contributed by atoms with Gasteiger partial charge in [-0.3, -0.25) is 0 Å². The summed E-state index contributed by atoms with van der Waals surface area (Å²) >= 11 is 1.63. The number of fused-ring (bicyclic) bond motifs is 1. The van der Waals surface area contributed by atoms with Crippen molar-refractivity contribution in [3.05, 3.63) is 53.8 Å². The average Bonchev–Trinajstić information content (AvgIpc) is 2.57. The average molecular weight is 368 g/mol. The van der Waals surface area contributed by atoms with Crippen LogP contribution in [-0.4, -0.2) is 18.4 Å². The van der Waals surface area contributed by atoms with Crippen LogP contribution in [0.1, 0.15) is 18.0 Å². The number of urea groups is 1. The molecule has 132 valence electrons. The smallest absolute Gasteiger partial charge is 0.387 e. The first-order valence-electron chi connectivity index (χ1n) is 7.56. The number of halogens is 3. The van der Waals surface area contributed by atoms with Gasteiger partial charge in [0.1, 0.15) is 11.6 Å². The van der Waals surface area contributed by atoms with Gasteiger partial charge in [0.25, 0.3) is 0 Å². The number of amides is 2. The van der Waals surface area contributed by atoms with E-state index in [1.165, 1.54) is 36.4 Å². The molecule has 0 spiro atoms. The van der Waals surface area contributed by atoms with Gasteiger partial charge in [-0.15, -0.1) is 11.8 Å². The van der Waals surface area contributed by atoms with Crippen LogP contribution in [0.2, 0.25) is 0 Å². The number of rotatable bonds is 4. The lowest BCUT2D eigenvalue weighted by Gasteiger charge is -2.26. The van der Waals surface area contributed by atoms with Crippen molar-refractivity contribution < 1.29 is 22.7 Å². The third-order valence-electron chi connectivity index (χ3n) is 3.65. The van der Waals surface area contributed by atoms with Crippen LogP contribution >= 0.6 is 11.8 Å². The molecule has 1 unspecified atom stereocenters. The fourth-order valence-corrected chi connectivity index (χ4v) is 3.67. The summed E-state index contributed by atoms with van der Waals surface area (Å²) in [5, 5.41) is 5.44. The van der Waals surface area contributed by atoms with E-state index in [0.29, 0.717) is 12.1 Å². The number of ether oxygens (including phenoxy) is 1. The molecule has 25 heavy (non-hydrogen) atoms. The van der Waals surface area contributed by atoms with Gasteiger partial charge in [0.15, 0.2) is 0 Å². The molecule has 0 aliphatic carbocycles. The van der Waals surface area contributed by atoms with Gasteiger partial charge in [0.05, 0.1) is 6.04 Å². The highest BCUT2D eigenvalue weighted by atomic mass is 32.2. The largest absolute Gasteiger partial charge is 0.435 e. The second-order valence-corrected chi connectivity index (χ2v) is 6.51. The highest BCUT2D eigenvalue weighted by molar-refractivity contribution is 7.99. The summed E-state index contributed by atoms with van der Waals surface area (Å²) in [7, 11) is 0. The molecular weight excluding hydrogens is 353 g/mol. The lowest BCUT2D eigenvalue weighted by molar-refractivity contribution is -0.0498. The van der Waals surface area contributed by atoms with Crippen LogP contribution in [0.25, 0.3) is 0 Å². The van der Waals surface area contributed by atoms with Gasteiger partial charge < -0.3 is 15.4 Å². The molecule has 0 aromatic heterocycles. The highest BCUT2D eigenvalue weighted by Gasteiger charge is 2.23. The Bertz CT molecular complexity index is 756. The Hall–Kier alpha value is -2.35. The number of nitrogens with one attached hydrogen (secondary N) is 2. The van der Waals surface area contributed by atoms with E-state index in [1.807, 2.05) is 0 Å². The molecule has 1 atom stereocenters. The lowest BCUT2D eigenvalue weighted by atomic mass is 10.0. The molecule has 4 nitrogen and oxygen atoms in total. The maximum absolute atomic E-state index is 13.5. The summed E-state index contributed by atoms with van der Waals surface area (Å²) in [6.45, 7) is -2.90. The van der Waals surface area contributed by atoms with Crippen molar-refractivity contribution in [2.45, 2.75) is 24.0 Å². The monoisotopic (exact) mass is 368 g/mol. The van der Waals surface area contributed by atoms with Crippen LogP contribution in [-0.2, 0) is 0 Å². The Morgan fingerprint density at radius 1 is 1.20 bits per heavy atom. The van der Waals surface area contributed by atoms with E-state index in [-0.39, 0.29) is 17.6 Å². The van der Waals surface area contributed by atoms with E-state index < -0.39 is 12.6 Å². The second-order valence-electron chi connectivity index (χ2n) is 5.37. The Morgan fingerprint density at radius 2 is 1.96 bits per heavy atom. The van der Waals surface area contributed by atoms with E-state index in [1.54, 1.807) is 17.8 Å². The highest BCUT2D eigenvalue weighted by Crippen LogP contribution is 2.36. The van der Waals surface area contributed by atoms with Crippen LogP contribution in [0.3, 0.4) is 0 Å². The van der Waals surface area contributed by atoms with E-state index in [2.05, 4.69) is 15.4 Å². The number of hydrogen-bond acceptors (Lipinski definition) is 3. The van der Waals surface area contributed by atoms with Gasteiger partial charge in [-0.25, -0.2) is 9.18 Å². The van der Waals surface area contributed by atoms with Gasteiger partial charge in [-0.1, -0.05) is 0 Å². The predicted octanol–water partition coefficient (Wildman–Crippen LogP) is 4.79. The molecule has 0 bridgehead atoms. The van der Waals surface area contributed by atoms with Crippen molar-refractivity contribution >= 4 is 23.5 Å². The van der Waals surface area contributed by atoms with Crippen molar-refractivity contribution in [2.24, 2.45) is 0 Å². The fraction of sp³-hybridized carbons (Fsp3) is 0.235. The van der Waals surface area contributed by atoms with Gasteiger partial charge in [0.2, 0.25) is 0 Å². The van der Waals surface area contributed by atoms with Crippen molar-refractivity contribution in [2.75, 3.05) is 11.1 Å². The maximum atomic E-state index is 13.5. The zero-order valence-electron chi connectivity index (χ0n) is 13.0. The molecule has 8 heteroatoms. The molecule has 0 saturated heterocycles. The molecule has 1 heterocycles. The standard InChI is InChI=1S/C17H15F3N2O2S/c18-10-1-6-15-13(9-10)14(7-8-25-15)22-17(23)21-11-2-4-12(5-3-11)24-16(19)20/h1-6,9,14,16H,7-8H2,(H2,21,22,23). The van der Waals surface area contributed by atoms with Crippen LogP contribution in [0, 0.1) is 5.82 Å². The first-order valence-corrected chi connectivity index (χ1v) is 8.54. The summed E-state index contributed by atoms with van der Waals surface area (Å²) < 4.78 is 41.9. The molecule has 2 N–H and O–H groups in total. The first-order chi connectivity index (χ1) is 12.0. The molecule has 0 radical (unpaired) electrons. The summed E-state index contributed by atoms with van der Waals surface area (Å²) in [5.74, 6) is 0.487. The normalized spacial score (nSPS) is 16.2. The van der Waals surface area contributed by atoms with Crippen molar-refractivity contribution in [1.29, 1.82) is 0 Å². The summed E-state index contributed by atoms with van der Waals surface area (Å²) in [5.41, 5.74) is 1.19. The number of carbonyl (C=O) groups excluding carboxylic acids is 1. The zero-order valence-corrected chi connectivity index (χ0v) is 13.8. The quantitative estimate of drug-likeness (QED) is 0.816. The summed E-state index contributed by atoms with van der Waals surface area (Å²) in [4.78, 5) is 13.1. The van der Waals surface area contributed by atoms with Crippen LogP contribution in [0.4, 0.5) is 23.7 Å². The van der Waals surface area contributed by atoms with E-state index in [9.17, 15) is 18.0 Å². The lowest BCUT2D eigenvalue weighted by Crippen LogP contribution is -2.34. The Kier molecular flexibility index (Phi) is 5.37. The SMILES string of the molecule is O=C(Nc1ccc(OC(F)F)cc1)NC1CCSc2ccc(F)cc21. The molecule has 1 aliphatic heterocycles. The Morgan fingerprint density at radius 3 is 2.68 bits per heavy atom. The zero-order chi connectivity index (χ0) is 17.8. The molecule has 0 saturated carbocycles. The number of anilines is 1. The molecule has 2 aromatic carbocycles. The number of benzene rings is 2. The third kappa shape index (κ3) is 4.60. The van der Waals surface area contributed by atoms with E-state index in [0.717, 1.165) is 16.2 Å². The molecule has 0 fully saturated rings. The fourth-order valence-electron chi connectivity index (χ4n) is 2.56. The van der Waals surface area contributed by atoms with Gasteiger partial charge in [0, 0.05) is 16.3 Å². The van der Waals surface area contributed by atoms with Crippen molar-refractivity contribution in [1.82, 2.24) is 5.32 Å². The number of thioether (sulfide) groups is 1. The number of hydrogen-bond donors (Lipinski definition) is 2. The van der Waals surface area contributed by atoms with Crippen LogP contribution in [0.15, 0.2) is 47.4 Å². The molecular formula is C17H15F3N2O2S. The number of carbonyl (C=O) groups is 1. The maximum Gasteiger partial charge on any atom is 0.387 e.